The second kappa shape index (κ2) is 6.21. The topological polar surface area (TPSA) is 58.4 Å². The summed E-state index contributed by atoms with van der Waals surface area (Å²) in [7, 11) is 0. The highest BCUT2D eigenvalue weighted by atomic mass is 16.2. The van der Waals surface area contributed by atoms with Crippen molar-refractivity contribution in [2.75, 3.05) is 13.1 Å². The molecular formula is C12H25N3O. The van der Waals surface area contributed by atoms with E-state index in [4.69, 9.17) is 5.84 Å². The summed E-state index contributed by atoms with van der Waals surface area (Å²) >= 11 is 0. The monoisotopic (exact) mass is 227 g/mol. The Bertz CT molecular complexity index is 228. The third-order valence-electron chi connectivity index (χ3n) is 3.98. The Morgan fingerprint density at radius 1 is 1.50 bits per heavy atom. The van der Waals surface area contributed by atoms with Crippen molar-refractivity contribution in [3.8, 4) is 0 Å². The number of carbonyl (C=O) groups excluding carboxylic acids is 1. The highest BCUT2D eigenvalue weighted by Crippen LogP contribution is 2.28. The van der Waals surface area contributed by atoms with Crippen molar-refractivity contribution in [2.45, 2.75) is 46.1 Å². The summed E-state index contributed by atoms with van der Waals surface area (Å²) in [6, 6.07) is 0.258. The zero-order chi connectivity index (χ0) is 12.1. The first-order valence-corrected chi connectivity index (χ1v) is 6.34. The number of amides is 1. The summed E-state index contributed by atoms with van der Waals surface area (Å²) in [5, 5.41) is 0. The van der Waals surface area contributed by atoms with Crippen molar-refractivity contribution >= 4 is 5.91 Å². The number of nitrogens with zero attached hydrogens (tertiary/aromatic N) is 1. The van der Waals surface area contributed by atoms with Crippen LogP contribution in [0.3, 0.4) is 0 Å². The van der Waals surface area contributed by atoms with E-state index in [2.05, 4.69) is 24.2 Å². The number of rotatable bonds is 6. The van der Waals surface area contributed by atoms with Crippen molar-refractivity contribution in [1.82, 2.24) is 10.3 Å². The zero-order valence-corrected chi connectivity index (χ0v) is 10.7. The van der Waals surface area contributed by atoms with E-state index in [0.717, 1.165) is 19.0 Å². The number of nitrogens with two attached hydrogens (primary N) is 1. The minimum Gasteiger partial charge on any atom is -0.300 e. The maximum absolute atomic E-state index is 11.5. The van der Waals surface area contributed by atoms with Crippen molar-refractivity contribution in [3.63, 3.8) is 0 Å². The van der Waals surface area contributed by atoms with Crippen LogP contribution in [0.2, 0.25) is 0 Å². The van der Waals surface area contributed by atoms with Crippen molar-refractivity contribution < 1.29 is 4.79 Å². The van der Waals surface area contributed by atoms with E-state index in [0.29, 0.717) is 0 Å². The average Bonchev–Trinajstić information content (AvgIpc) is 2.25. The molecule has 1 saturated carbocycles. The molecule has 0 aromatic carbocycles. The molecule has 0 bridgehead atoms. The van der Waals surface area contributed by atoms with Crippen molar-refractivity contribution in [2.24, 2.45) is 17.7 Å². The lowest BCUT2D eigenvalue weighted by Gasteiger charge is -2.37. The third kappa shape index (κ3) is 3.19. The molecule has 4 nitrogen and oxygen atoms in total. The van der Waals surface area contributed by atoms with Crippen LogP contribution in [0.25, 0.3) is 0 Å². The van der Waals surface area contributed by atoms with E-state index in [-0.39, 0.29) is 17.9 Å². The van der Waals surface area contributed by atoms with Crippen LogP contribution in [0.5, 0.6) is 0 Å². The molecule has 2 unspecified atom stereocenters. The van der Waals surface area contributed by atoms with Crippen molar-refractivity contribution in [1.29, 1.82) is 0 Å². The van der Waals surface area contributed by atoms with E-state index < -0.39 is 0 Å². The predicted molar refractivity (Wildman–Crippen MR) is 65.5 cm³/mol. The van der Waals surface area contributed by atoms with Gasteiger partial charge >= 0.3 is 0 Å². The van der Waals surface area contributed by atoms with Crippen LogP contribution >= 0.6 is 0 Å². The van der Waals surface area contributed by atoms with Crippen LogP contribution in [0.15, 0.2) is 0 Å². The molecule has 0 aromatic heterocycles. The first-order valence-electron chi connectivity index (χ1n) is 6.34. The van der Waals surface area contributed by atoms with Gasteiger partial charge in [-0.05, 0) is 32.2 Å². The van der Waals surface area contributed by atoms with Gasteiger partial charge in [0.2, 0.25) is 5.91 Å². The number of carbonyl (C=O) groups is 1. The Morgan fingerprint density at radius 2 is 2.12 bits per heavy atom. The average molecular weight is 227 g/mol. The Labute approximate surface area is 98.5 Å². The Morgan fingerprint density at radius 3 is 2.50 bits per heavy atom. The molecular weight excluding hydrogens is 202 g/mol. The number of hydrazine groups is 1. The molecule has 1 rings (SSSR count). The Kier molecular flexibility index (Phi) is 5.22. The maximum atomic E-state index is 11.5. The molecule has 0 radical (unpaired) electrons. The van der Waals surface area contributed by atoms with Gasteiger partial charge < -0.3 is 0 Å². The van der Waals surface area contributed by atoms with Gasteiger partial charge in [-0.1, -0.05) is 20.3 Å². The molecule has 1 aliphatic rings. The number of hydrogen-bond acceptors (Lipinski definition) is 3. The fourth-order valence-electron chi connectivity index (χ4n) is 2.26. The lowest BCUT2D eigenvalue weighted by molar-refractivity contribution is -0.126. The second-order valence-electron chi connectivity index (χ2n) is 4.92. The maximum Gasteiger partial charge on any atom is 0.238 e. The summed E-state index contributed by atoms with van der Waals surface area (Å²) in [4.78, 5) is 13.9. The molecule has 0 aromatic rings. The Hall–Kier alpha value is -0.610. The third-order valence-corrected chi connectivity index (χ3v) is 3.98. The molecule has 2 atom stereocenters. The standard InChI is InChI=1S/C12H25N3O/c1-4-15(8-11-6-5-7-11)10(3)9(2)12(16)14-13/h9-11H,4-8,13H2,1-3H3,(H,14,16). The van der Waals surface area contributed by atoms with Gasteiger partial charge in [-0.25, -0.2) is 5.84 Å². The molecule has 0 heterocycles. The van der Waals surface area contributed by atoms with Crippen molar-refractivity contribution in [3.05, 3.63) is 0 Å². The van der Waals surface area contributed by atoms with Crippen LogP contribution in [-0.2, 0) is 4.79 Å². The Balaban J connectivity index is 2.46. The van der Waals surface area contributed by atoms with Gasteiger partial charge in [0.15, 0.2) is 0 Å². The number of nitrogens with one attached hydrogen (secondary N) is 1. The molecule has 16 heavy (non-hydrogen) atoms. The largest absolute Gasteiger partial charge is 0.300 e. The van der Waals surface area contributed by atoms with Crippen LogP contribution in [0, 0.1) is 11.8 Å². The highest BCUT2D eigenvalue weighted by Gasteiger charge is 2.27. The first-order chi connectivity index (χ1) is 7.60. The van der Waals surface area contributed by atoms with Gasteiger partial charge in [0.05, 0.1) is 5.92 Å². The molecule has 1 fully saturated rings. The van der Waals surface area contributed by atoms with E-state index in [1.54, 1.807) is 0 Å². The minimum atomic E-state index is -0.0699. The summed E-state index contributed by atoms with van der Waals surface area (Å²) in [6.07, 6.45) is 4.07. The fourth-order valence-corrected chi connectivity index (χ4v) is 2.26. The minimum absolute atomic E-state index is 0.0509. The number of hydrogen-bond donors (Lipinski definition) is 2. The molecule has 0 aliphatic heterocycles. The summed E-state index contributed by atoms with van der Waals surface area (Å²) in [6.45, 7) is 8.33. The molecule has 0 saturated heterocycles. The fraction of sp³-hybridized carbons (Fsp3) is 0.917. The van der Waals surface area contributed by atoms with E-state index in [1.807, 2.05) is 6.92 Å². The molecule has 1 aliphatic carbocycles. The molecule has 94 valence electrons. The van der Waals surface area contributed by atoms with E-state index in [1.165, 1.54) is 19.3 Å². The zero-order valence-electron chi connectivity index (χ0n) is 10.7. The lowest BCUT2D eigenvalue weighted by Crippen LogP contribution is -2.47. The van der Waals surface area contributed by atoms with Gasteiger partial charge in [0.1, 0.15) is 0 Å². The smallest absolute Gasteiger partial charge is 0.238 e. The SMILES string of the molecule is CCN(CC1CCC1)C(C)C(C)C(=O)NN. The van der Waals surface area contributed by atoms with Gasteiger partial charge in [-0.3, -0.25) is 15.1 Å². The molecule has 4 heteroatoms. The van der Waals surface area contributed by atoms with Crippen LogP contribution in [0.4, 0.5) is 0 Å². The summed E-state index contributed by atoms with van der Waals surface area (Å²) < 4.78 is 0. The molecule has 1 amide bonds. The predicted octanol–water partition coefficient (Wildman–Crippen LogP) is 1.12. The van der Waals surface area contributed by atoms with E-state index in [9.17, 15) is 4.79 Å². The summed E-state index contributed by atoms with van der Waals surface area (Å²) in [5.41, 5.74) is 2.24. The first kappa shape index (κ1) is 13.5. The highest BCUT2D eigenvalue weighted by molar-refractivity contribution is 5.78. The van der Waals surface area contributed by atoms with Gasteiger partial charge in [-0.2, -0.15) is 0 Å². The quantitative estimate of drug-likeness (QED) is 0.406. The van der Waals surface area contributed by atoms with Gasteiger partial charge in [0, 0.05) is 12.6 Å². The van der Waals surface area contributed by atoms with E-state index >= 15 is 0 Å². The van der Waals surface area contributed by atoms with Crippen LogP contribution in [0.1, 0.15) is 40.0 Å². The molecule has 3 N–H and O–H groups in total. The van der Waals surface area contributed by atoms with Crippen LogP contribution in [-0.4, -0.2) is 29.9 Å². The lowest BCUT2D eigenvalue weighted by atomic mass is 9.84. The normalized spacial score (nSPS) is 20.3. The van der Waals surface area contributed by atoms with Crippen LogP contribution < -0.4 is 11.3 Å². The van der Waals surface area contributed by atoms with Gasteiger partial charge in [0.25, 0.3) is 0 Å². The molecule has 0 spiro atoms. The van der Waals surface area contributed by atoms with Gasteiger partial charge in [-0.15, -0.1) is 0 Å². The second-order valence-corrected chi connectivity index (χ2v) is 4.92. The summed E-state index contributed by atoms with van der Waals surface area (Å²) in [5.74, 6) is 5.90.